The molecule has 19 heavy (non-hydrogen) atoms. The number of hydrogen-bond acceptors (Lipinski definition) is 4. The number of halogens is 1. The third-order valence-electron chi connectivity index (χ3n) is 3.09. The van der Waals surface area contributed by atoms with Gasteiger partial charge < -0.3 is 5.32 Å². The van der Waals surface area contributed by atoms with Crippen LogP contribution in [0.15, 0.2) is 23.1 Å². The largest absolute Gasteiger partial charge is 0.314 e. The molecule has 1 saturated heterocycles. The van der Waals surface area contributed by atoms with Crippen LogP contribution >= 0.6 is 11.6 Å². The van der Waals surface area contributed by atoms with Gasteiger partial charge in [0, 0.05) is 25.7 Å². The second-order valence-electron chi connectivity index (χ2n) is 4.43. The summed E-state index contributed by atoms with van der Waals surface area (Å²) in [6.07, 6.45) is 0. The van der Waals surface area contributed by atoms with Crippen molar-refractivity contribution in [2.75, 3.05) is 19.6 Å². The topological polar surface area (TPSA) is 73.2 Å². The minimum absolute atomic E-state index is 0.0573. The molecular formula is C12H14ClN3O2S. The molecule has 0 bridgehead atoms. The van der Waals surface area contributed by atoms with Gasteiger partial charge in [0.15, 0.2) is 0 Å². The van der Waals surface area contributed by atoms with Gasteiger partial charge in [0.05, 0.1) is 16.7 Å². The van der Waals surface area contributed by atoms with Gasteiger partial charge in [0.2, 0.25) is 10.0 Å². The van der Waals surface area contributed by atoms with E-state index in [9.17, 15) is 8.42 Å². The molecule has 5 nitrogen and oxygen atoms in total. The Morgan fingerprint density at radius 1 is 1.53 bits per heavy atom. The predicted octanol–water partition coefficient (Wildman–Crippen LogP) is 1.19. The van der Waals surface area contributed by atoms with Crippen LogP contribution in [0.1, 0.15) is 12.5 Å². The molecule has 0 spiro atoms. The summed E-state index contributed by atoms with van der Waals surface area (Å²) in [6, 6.07) is 6.05. The summed E-state index contributed by atoms with van der Waals surface area (Å²) in [6.45, 7) is 3.51. The monoisotopic (exact) mass is 299 g/mol. The lowest BCUT2D eigenvalue weighted by Crippen LogP contribution is -2.52. The van der Waals surface area contributed by atoms with Crippen molar-refractivity contribution in [2.24, 2.45) is 0 Å². The molecule has 0 aromatic heterocycles. The van der Waals surface area contributed by atoms with Crippen molar-refractivity contribution in [1.82, 2.24) is 9.62 Å². The second-order valence-corrected chi connectivity index (χ2v) is 6.69. The van der Waals surface area contributed by atoms with E-state index in [4.69, 9.17) is 16.9 Å². The first-order valence-electron chi connectivity index (χ1n) is 5.89. The third-order valence-corrected chi connectivity index (χ3v) is 5.58. The van der Waals surface area contributed by atoms with E-state index in [0.29, 0.717) is 25.2 Å². The molecule has 2 rings (SSSR count). The zero-order valence-corrected chi connectivity index (χ0v) is 12.0. The summed E-state index contributed by atoms with van der Waals surface area (Å²) in [5.41, 5.74) is 0.345. The molecule has 1 aromatic carbocycles. The zero-order valence-electron chi connectivity index (χ0n) is 10.4. The van der Waals surface area contributed by atoms with Crippen molar-refractivity contribution in [3.8, 4) is 6.07 Å². The van der Waals surface area contributed by atoms with Crippen molar-refractivity contribution >= 4 is 21.6 Å². The molecule has 1 aliphatic heterocycles. The summed E-state index contributed by atoms with van der Waals surface area (Å²) in [4.78, 5) is 0.0573. The van der Waals surface area contributed by atoms with Crippen LogP contribution in [0, 0.1) is 11.3 Å². The van der Waals surface area contributed by atoms with Crippen molar-refractivity contribution in [1.29, 1.82) is 5.26 Å². The number of benzene rings is 1. The van der Waals surface area contributed by atoms with Crippen molar-refractivity contribution in [2.45, 2.75) is 17.9 Å². The van der Waals surface area contributed by atoms with Gasteiger partial charge >= 0.3 is 0 Å². The summed E-state index contributed by atoms with van der Waals surface area (Å²) < 4.78 is 26.5. The molecule has 0 aliphatic carbocycles. The van der Waals surface area contributed by atoms with Gasteiger partial charge in [0.25, 0.3) is 0 Å². The summed E-state index contributed by atoms with van der Waals surface area (Å²) >= 11 is 5.99. The van der Waals surface area contributed by atoms with E-state index in [2.05, 4.69) is 5.32 Å². The van der Waals surface area contributed by atoms with Crippen molar-refractivity contribution in [3.05, 3.63) is 28.8 Å². The Labute approximate surface area is 117 Å². The lowest BCUT2D eigenvalue weighted by atomic mass is 10.2. The van der Waals surface area contributed by atoms with E-state index in [0.717, 1.165) is 0 Å². The molecule has 1 fully saturated rings. The maximum atomic E-state index is 12.5. The fourth-order valence-corrected chi connectivity index (χ4v) is 4.24. The van der Waals surface area contributed by atoms with Crippen LogP contribution in [0.5, 0.6) is 0 Å². The Hall–Kier alpha value is -1.13. The third kappa shape index (κ3) is 2.74. The highest BCUT2D eigenvalue weighted by Gasteiger charge is 2.32. The Bertz CT molecular complexity index is 624. The van der Waals surface area contributed by atoms with Crippen LogP contribution in [-0.4, -0.2) is 38.4 Å². The zero-order chi connectivity index (χ0) is 14.0. The fourth-order valence-electron chi connectivity index (χ4n) is 2.09. The highest BCUT2D eigenvalue weighted by Crippen LogP contribution is 2.27. The second kappa shape index (κ2) is 5.47. The number of nitrogens with one attached hydrogen (secondary N) is 1. The SMILES string of the molecule is C[C@H]1CNCCN1S(=O)(=O)c1ccc(C#N)cc1Cl. The Morgan fingerprint density at radius 2 is 2.26 bits per heavy atom. The molecule has 1 N–H and O–H groups in total. The summed E-state index contributed by atoms with van der Waals surface area (Å²) in [5.74, 6) is 0. The van der Waals surface area contributed by atoms with Gasteiger partial charge in [-0.15, -0.1) is 0 Å². The quantitative estimate of drug-likeness (QED) is 0.890. The molecule has 1 atom stereocenters. The molecule has 0 amide bonds. The Morgan fingerprint density at radius 3 is 2.84 bits per heavy atom. The van der Waals surface area contributed by atoms with Crippen LogP contribution in [0.25, 0.3) is 0 Å². The van der Waals surface area contributed by atoms with Crippen LogP contribution in [0.3, 0.4) is 0 Å². The molecule has 1 aromatic rings. The predicted molar refractivity (Wildman–Crippen MR) is 72.4 cm³/mol. The van der Waals surface area contributed by atoms with Gasteiger partial charge in [-0.3, -0.25) is 0 Å². The number of hydrogen-bond donors (Lipinski definition) is 1. The highest BCUT2D eigenvalue weighted by atomic mass is 35.5. The molecule has 0 saturated carbocycles. The Kier molecular flexibility index (Phi) is 4.11. The van der Waals surface area contributed by atoms with Gasteiger partial charge in [-0.2, -0.15) is 9.57 Å². The fraction of sp³-hybridized carbons (Fsp3) is 0.417. The molecule has 0 radical (unpaired) electrons. The number of nitriles is 1. The number of nitrogens with zero attached hydrogens (tertiary/aromatic N) is 2. The number of rotatable bonds is 2. The smallest absolute Gasteiger partial charge is 0.244 e. The highest BCUT2D eigenvalue weighted by molar-refractivity contribution is 7.89. The van der Waals surface area contributed by atoms with E-state index in [1.54, 1.807) is 0 Å². The van der Waals surface area contributed by atoms with Crippen LogP contribution in [0.2, 0.25) is 5.02 Å². The molecular weight excluding hydrogens is 286 g/mol. The first kappa shape index (κ1) is 14.3. The van der Waals surface area contributed by atoms with E-state index < -0.39 is 10.0 Å². The summed E-state index contributed by atoms with van der Waals surface area (Å²) in [5, 5.41) is 12.0. The summed E-state index contributed by atoms with van der Waals surface area (Å²) in [7, 11) is -3.61. The van der Waals surface area contributed by atoms with Gasteiger partial charge in [0.1, 0.15) is 4.90 Å². The van der Waals surface area contributed by atoms with E-state index >= 15 is 0 Å². The minimum Gasteiger partial charge on any atom is -0.314 e. The van der Waals surface area contributed by atoms with E-state index in [1.807, 2.05) is 13.0 Å². The molecule has 1 heterocycles. The normalized spacial score (nSPS) is 21.0. The first-order valence-corrected chi connectivity index (χ1v) is 7.71. The standard InChI is InChI=1S/C12H14ClN3O2S/c1-9-8-15-4-5-16(9)19(17,18)12-3-2-10(7-14)6-11(12)13/h2-3,6,9,15H,4-5,8H2,1H3/t9-/m0/s1. The number of sulfonamides is 1. The van der Waals surface area contributed by atoms with Gasteiger partial charge in [-0.1, -0.05) is 11.6 Å². The van der Waals surface area contributed by atoms with E-state index in [-0.39, 0.29) is 16.0 Å². The van der Waals surface area contributed by atoms with Gasteiger partial charge in [-0.25, -0.2) is 8.42 Å². The average Bonchev–Trinajstić information content (AvgIpc) is 2.38. The van der Waals surface area contributed by atoms with Crippen LogP contribution < -0.4 is 5.32 Å². The van der Waals surface area contributed by atoms with Crippen molar-refractivity contribution < 1.29 is 8.42 Å². The molecule has 102 valence electrons. The molecule has 0 unspecified atom stereocenters. The average molecular weight is 300 g/mol. The molecule has 1 aliphatic rings. The maximum Gasteiger partial charge on any atom is 0.244 e. The molecule has 7 heteroatoms. The van der Waals surface area contributed by atoms with E-state index in [1.165, 1.54) is 22.5 Å². The lowest BCUT2D eigenvalue weighted by Gasteiger charge is -2.33. The minimum atomic E-state index is -3.61. The first-order chi connectivity index (χ1) is 8.96. The number of piperazine rings is 1. The van der Waals surface area contributed by atoms with Crippen LogP contribution in [0.4, 0.5) is 0 Å². The van der Waals surface area contributed by atoms with Crippen molar-refractivity contribution in [3.63, 3.8) is 0 Å². The maximum absolute atomic E-state index is 12.5. The Balaban J connectivity index is 2.42. The lowest BCUT2D eigenvalue weighted by molar-refractivity contribution is 0.284. The van der Waals surface area contributed by atoms with Crippen LogP contribution in [-0.2, 0) is 10.0 Å². The van der Waals surface area contributed by atoms with Gasteiger partial charge in [-0.05, 0) is 25.1 Å².